The number of nitrogens with zero attached hydrogens (tertiary/aromatic N) is 5. The first-order chi connectivity index (χ1) is 15.6. The molecule has 1 aliphatic rings. The first-order valence-electron chi connectivity index (χ1n) is 10.6. The van der Waals surface area contributed by atoms with Crippen molar-refractivity contribution in [3.8, 4) is 17.1 Å². The zero-order chi connectivity index (χ0) is 22.5. The third-order valence-electron chi connectivity index (χ3n) is 5.53. The predicted octanol–water partition coefficient (Wildman–Crippen LogP) is 3.55. The highest BCUT2D eigenvalue weighted by atomic mass is 32.2. The zero-order valence-electron chi connectivity index (χ0n) is 18.2. The Bertz CT molecular complexity index is 1060. The van der Waals surface area contributed by atoms with Gasteiger partial charge in [-0.25, -0.2) is 4.39 Å². The van der Waals surface area contributed by atoms with Gasteiger partial charge in [0, 0.05) is 38.4 Å². The van der Waals surface area contributed by atoms with E-state index in [1.807, 2.05) is 40.7 Å². The van der Waals surface area contributed by atoms with Crippen molar-refractivity contribution in [1.29, 1.82) is 0 Å². The molecule has 0 unspecified atom stereocenters. The number of ether oxygens (including phenoxy) is 1. The number of carbonyl (C=O) groups is 1. The number of thioether (sulfide) groups is 1. The fourth-order valence-electron chi connectivity index (χ4n) is 3.79. The fourth-order valence-corrected chi connectivity index (χ4v) is 4.70. The number of carbonyl (C=O) groups excluding carboxylic acids is 1. The van der Waals surface area contributed by atoms with Crippen LogP contribution in [0.25, 0.3) is 11.4 Å². The van der Waals surface area contributed by atoms with E-state index in [2.05, 4.69) is 15.1 Å². The van der Waals surface area contributed by atoms with Gasteiger partial charge in [0.05, 0.1) is 18.4 Å². The van der Waals surface area contributed by atoms with E-state index < -0.39 is 0 Å². The molecule has 1 aromatic heterocycles. The van der Waals surface area contributed by atoms with E-state index in [9.17, 15) is 9.18 Å². The Morgan fingerprint density at radius 2 is 1.78 bits per heavy atom. The highest BCUT2D eigenvalue weighted by Crippen LogP contribution is 2.31. The Labute approximate surface area is 191 Å². The van der Waals surface area contributed by atoms with Crippen molar-refractivity contribution in [1.82, 2.24) is 19.7 Å². The van der Waals surface area contributed by atoms with E-state index >= 15 is 0 Å². The summed E-state index contributed by atoms with van der Waals surface area (Å²) in [5.41, 5.74) is 1.85. The quantitative estimate of drug-likeness (QED) is 0.508. The molecule has 0 bridgehead atoms. The summed E-state index contributed by atoms with van der Waals surface area (Å²) < 4.78 is 20.6. The number of rotatable bonds is 7. The summed E-state index contributed by atoms with van der Waals surface area (Å²) >= 11 is 1.40. The van der Waals surface area contributed by atoms with Crippen molar-refractivity contribution in [2.75, 3.05) is 43.9 Å². The molecule has 4 rings (SSSR count). The summed E-state index contributed by atoms with van der Waals surface area (Å²) in [6.45, 7) is 5.46. The van der Waals surface area contributed by atoms with E-state index in [-0.39, 0.29) is 11.7 Å². The third kappa shape index (κ3) is 4.72. The molecule has 32 heavy (non-hydrogen) atoms. The summed E-state index contributed by atoms with van der Waals surface area (Å²) in [7, 11) is 1.63. The maximum Gasteiger partial charge on any atom is 0.233 e. The average molecular weight is 456 g/mol. The van der Waals surface area contributed by atoms with Gasteiger partial charge in [0.25, 0.3) is 0 Å². The minimum Gasteiger partial charge on any atom is -0.496 e. The number of hydrogen-bond acceptors (Lipinski definition) is 6. The Morgan fingerprint density at radius 3 is 2.47 bits per heavy atom. The van der Waals surface area contributed by atoms with Gasteiger partial charge in [0.1, 0.15) is 11.6 Å². The minimum absolute atomic E-state index is 0.0817. The Kier molecular flexibility index (Phi) is 6.94. The van der Waals surface area contributed by atoms with E-state index in [4.69, 9.17) is 4.74 Å². The molecule has 1 saturated heterocycles. The molecule has 7 nitrogen and oxygen atoms in total. The number of anilines is 1. The Hall–Kier alpha value is -3.07. The van der Waals surface area contributed by atoms with Gasteiger partial charge in [-0.05, 0) is 43.3 Å². The van der Waals surface area contributed by atoms with Gasteiger partial charge in [0.2, 0.25) is 5.91 Å². The lowest BCUT2D eigenvalue weighted by atomic mass is 10.2. The standard InChI is InChI=1S/C23H26FN5O2S/c1-3-29-22(19-6-4-5-7-20(19)31-2)25-26-23(29)32-16-21(30)28-14-12-27(13-15-28)18-10-8-17(24)9-11-18/h4-11H,3,12-16H2,1-2H3. The number of benzene rings is 2. The SMILES string of the molecule is CCn1c(SCC(=O)N2CCN(c3ccc(F)cc3)CC2)nnc1-c1ccccc1OC. The van der Waals surface area contributed by atoms with Gasteiger partial charge in [-0.1, -0.05) is 23.9 Å². The number of piperazine rings is 1. The largest absolute Gasteiger partial charge is 0.496 e. The number of aromatic nitrogens is 3. The molecule has 9 heteroatoms. The van der Waals surface area contributed by atoms with Gasteiger partial charge < -0.3 is 19.1 Å². The van der Waals surface area contributed by atoms with Crippen molar-refractivity contribution in [2.45, 2.75) is 18.6 Å². The summed E-state index contributed by atoms with van der Waals surface area (Å²) in [6.07, 6.45) is 0. The molecule has 0 aliphatic carbocycles. The molecule has 2 heterocycles. The van der Waals surface area contributed by atoms with Gasteiger partial charge in [0.15, 0.2) is 11.0 Å². The molecule has 168 valence electrons. The van der Waals surface area contributed by atoms with Gasteiger partial charge >= 0.3 is 0 Å². The molecule has 1 aliphatic heterocycles. The van der Waals surface area contributed by atoms with Crippen LogP contribution >= 0.6 is 11.8 Å². The minimum atomic E-state index is -0.242. The van der Waals surface area contributed by atoms with Crippen LogP contribution in [0, 0.1) is 5.82 Å². The van der Waals surface area contributed by atoms with E-state index in [1.165, 1.54) is 23.9 Å². The van der Waals surface area contributed by atoms with Crippen molar-refractivity contribution < 1.29 is 13.9 Å². The summed E-state index contributed by atoms with van der Waals surface area (Å²) in [5.74, 6) is 1.61. The van der Waals surface area contributed by atoms with Crippen LogP contribution in [0.1, 0.15) is 6.92 Å². The van der Waals surface area contributed by atoms with Crippen molar-refractivity contribution in [3.63, 3.8) is 0 Å². The van der Waals surface area contributed by atoms with E-state index in [1.54, 1.807) is 19.2 Å². The molecule has 3 aromatic rings. The summed E-state index contributed by atoms with van der Waals surface area (Å²) in [4.78, 5) is 16.8. The van der Waals surface area contributed by atoms with Crippen LogP contribution in [-0.2, 0) is 11.3 Å². The van der Waals surface area contributed by atoms with Crippen LogP contribution < -0.4 is 9.64 Å². The second-order valence-corrected chi connectivity index (χ2v) is 8.33. The van der Waals surface area contributed by atoms with Crippen LogP contribution in [0.2, 0.25) is 0 Å². The lowest BCUT2D eigenvalue weighted by Gasteiger charge is -2.36. The van der Waals surface area contributed by atoms with Crippen LogP contribution in [0.5, 0.6) is 5.75 Å². The Morgan fingerprint density at radius 1 is 1.06 bits per heavy atom. The lowest BCUT2D eigenvalue weighted by Crippen LogP contribution is -2.49. The second-order valence-electron chi connectivity index (χ2n) is 7.38. The van der Waals surface area contributed by atoms with Crippen LogP contribution in [0.3, 0.4) is 0 Å². The first-order valence-corrected chi connectivity index (χ1v) is 11.6. The molecule has 1 fully saturated rings. The van der Waals surface area contributed by atoms with Gasteiger partial charge in [-0.15, -0.1) is 10.2 Å². The smallest absolute Gasteiger partial charge is 0.233 e. The molecule has 0 atom stereocenters. The summed E-state index contributed by atoms with van der Waals surface area (Å²) in [5, 5.41) is 9.40. The number of methoxy groups -OCH3 is 1. The number of hydrogen-bond donors (Lipinski definition) is 0. The van der Waals surface area contributed by atoms with Crippen molar-refractivity contribution in [2.24, 2.45) is 0 Å². The van der Waals surface area contributed by atoms with Crippen LogP contribution in [0.4, 0.5) is 10.1 Å². The van der Waals surface area contributed by atoms with Gasteiger partial charge in [-0.2, -0.15) is 0 Å². The number of amides is 1. The summed E-state index contributed by atoms with van der Waals surface area (Å²) in [6, 6.07) is 14.2. The monoisotopic (exact) mass is 455 g/mol. The van der Waals surface area contributed by atoms with Crippen molar-refractivity contribution in [3.05, 3.63) is 54.3 Å². The number of para-hydroxylation sites is 1. The van der Waals surface area contributed by atoms with Gasteiger partial charge in [-0.3, -0.25) is 4.79 Å². The van der Waals surface area contributed by atoms with E-state index in [0.29, 0.717) is 30.5 Å². The molecule has 2 aromatic carbocycles. The Balaban J connectivity index is 1.36. The maximum absolute atomic E-state index is 13.1. The van der Waals surface area contributed by atoms with Crippen LogP contribution in [-0.4, -0.2) is 64.6 Å². The predicted molar refractivity (Wildman–Crippen MR) is 124 cm³/mol. The highest BCUT2D eigenvalue weighted by molar-refractivity contribution is 7.99. The zero-order valence-corrected chi connectivity index (χ0v) is 19.0. The average Bonchev–Trinajstić information content (AvgIpc) is 3.25. The van der Waals surface area contributed by atoms with Crippen LogP contribution in [0.15, 0.2) is 53.7 Å². The molecule has 0 saturated carbocycles. The third-order valence-corrected chi connectivity index (χ3v) is 6.48. The maximum atomic E-state index is 13.1. The first kappa shape index (κ1) is 22.1. The highest BCUT2D eigenvalue weighted by Gasteiger charge is 2.23. The lowest BCUT2D eigenvalue weighted by molar-refractivity contribution is -0.128. The molecule has 0 spiro atoms. The topological polar surface area (TPSA) is 63.5 Å². The molecular weight excluding hydrogens is 429 g/mol. The number of halogens is 1. The normalized spacial score (nSPS) is 14.0. The fraction of sp³-hybridized carbons (Fsp3) is 0.348. The second kappa shape index (κ2) is 10.0. The molecule has 1 amide bonds. The molecular formula is C23H26FN5O2S. The molecule has 0 N–H and O–H groups in total. The van der Waals surface area contributed by atoms with Crippen molar-refractivity contribution >= 4 is 23.4 Å². The molecule has 0 radical (unpaired) electrons. The van der Waals surface area contributed by atoms with E-state index in [0.717, 1.165) is 35.9 Å².